The fourth-order valence-electron chi connectivity index (χ4n) is 2.26. The average molecular weight is 375 g/mol. The van der Waals surface area contributed by atoms with Crippen LogP contribution < -0.4 is 14.8 Å². The maximum atomic E-state index is 14.8. The number of rotatable bonds is 10. The molecular weight excluding hydrogens is 353 g/mol. The number of anilines is 1. The highest BCUT2D eigenvalue weighted by Crippen LogP contribution is 2.24. The zero-order chi connectivity index (χ0) is 19.7. The summed E-state index contributed by atoms with van der Waals surface area (Å²) in [5.41, 5.74) is 0.202. The summed E-state index contributed by atoms with van der Waals surface area (Å²) < 4.78 is 25.2. The average Bonchev–Trinajstić information content (AvgIpc) is 2.66. The lowest BCUT2D eigenvalue weighted by Crippen LogP contribution is -2.50. The Morgan fingerprint density at radius 2 is 1.78 bits per heavy atom. The van der Waals surface area contributed by atoms with Gasteiger partial charge in [-0.1, -0.05) is 44.0 Å². The molecule has 0 saturated heterocycles. The van der Waals surface area contributed by atoms with E-state index in [-0.39, 0.29) is 11.4 Å². The number of benzene rings is 2. The monoisotopic (exact) mass is 375 g/mol. The summed E-state index contributed by atoms with van der Waals surface area (Å²) in [5.74, 6) is -6.64. The van der Waals surface area contributed by atoms with Gasteiger partial charge in [-0.05, 0) is 30.7 Å². The van der Waals surface area contributed by atoms with E-state index in [4.69, 9.17) is 9.47 Å². The van der Waals surface area contributed by atoms with Crippen LogP contribution in [0.3, 0.4) is 0 Å². The largest absolute Gasteiger partial charge is 0.494 e. The Hall–Kier alpha value is -3.09. The van der Waals surface area contributed by atoms with E-state index in [9.17, 15) is 19.1 Å². The summed E-state index contributed by atoms with van der Waals surface area (Å²) in [5, 5.41) is 11.4. The molecule has 144 valence electrons. The second kappa shape index (κ2) is 9.56. The number of carboxylic acids is 1. The number of hydrogen-bond acceptors (Lipinski definition) is 4. The van der Waals surface area contributed by atoms with Crippen LogP contribution in [0.5, 0.6) is 11.5 Å². The highest BCUT2D eigenvalue weighted by molar-refractivity contribution is 6.10. The molecular formula is C20H22FNO5. The van der Waals surface area contributed by atoms with Crippen molar-refractivity contribution in [3.05, 3.63) is 54.6 Å². The van der Waals surface area contributed by atoms with E-state index in [1.54, 1.807) is 18.2 Å². The normalized spacial score (nSPS) is 12.7. The van der Waals surface area contributed by atoms with Gasteiger partial charge in [-0.25, -0.2) is 4.79 Å². The molecule has 0 saturated carbocycles. The van der Waals surface area contributed by atoms with Crippen molar-refractivity contribution in [3.63, 3.8) is 0 Å². The Bertz CT molecular complexity index is 768. The highest BCUT2D eigenvalue weighted by atomic mass is 19.2. The molecule has 2 rings (SSSR count). The Labute approximate surface area is 156 Å². The van der Waals surface area contributed by atoms with Crippen molar-refractivity contribution < 1.29 is 28.6 Å². The SMILES string of the molecule is CCCCCOc1cccc(NC(=O)C(F)(Oc2ccccc2)C(=O)O)c1. The van der Waals surface area contributed by atoms with Crippen molar-refractivity contribution in [1.29, 1.82) is 0 Å². The summed E-state index contributed by atoms with van der Waals surface area (Å²) in [6.07, 6.45) is 3.00. The van der Waals surface area contributed by atoms with E-state index in [0.717, 1.165) is 19.3 Å². The van der Waals surface area contributed by atoms with Crippen LogP contribution in [-0.4, -0.2) is 29.4 Å². The Kier molecular flexibility index (Phi) is 7.16. The molecule has 1 unspecified atom stereocenters. The molecule has 1 amide bonds. The zero-order valence-electron chi connectivity index (χ0n) is 15.0. The predicted octanol–water partition coefficient (Wildman–Crippen LogP) is 4.02. The Morgan fingerprint density at radius 3 is 2.44 bits per heavy atom. The van der Waals surface area contributed by atoms with Crippen molar-refractivity contribution in [1.82, 2.24) is 0 Å². The molecule has 1 atom stereocenters. The molecule has 0 aliphatic carbocycles. The third kappa shape index (κ3) is 5.70. The molecule has 7 heteroatoms. The number of hydrogen-bond donors (Lipinski definition) is 2. The summed E-state index contributed by atoms with van der Waals surface area (Å²) in [7, 11) is 0. The van der Waals surface area contributed by atoms with E-state index >= 15 is 0 Å². The second-order valence-electron chi connectivity index (χ2n) is 5.85. The van der Waals surface area contributed by atoms with E-state index in [1.807, 2.05) is 0 Å². The number of carbonyl (C=O) groups excluding carboxylic acids is 1. The number of alkyl halides is 1. The van der Waals surface area contributed by atoms with Crippen molar-refractivity contribution in [2.45, 2.75) is 32.0 Å². The first kappa shape index (κ1) is 20.2. The molecule has 2 aromatic rings. The number of carbonyl (C=O) groups is 2. The maximum Gasteiger partial charge on any atom is 0.425 e. The van der Waals surface area contributed by atoms with Gasteiger partial charge in [0.2, 0.25) is 0 Å². The molecule has 27 heavy (non-hydrogen) atoms. The molecule has 0 aromatic heterocycles. The van der Waals surface area contributed by atoms with Crippen LogP contribution in [0.1, 0.15) is 26.2 Å². The van der Waals surface area contributed by atoms with Crippen LogP contribution in [0.15, 0.2) is 54.6 Å². The van der Waals surface area contributed by atoms with Crippen LogP contribution in [-0.2, 0) is 9.59 Å². The number of aliphatic carboxylic acids is 1. The molecule has 0 spiro atoms. The van der Waals surface area contributed by atoms with Crippen LogP contribution in [0, 0.1) is 0 Å². The molecule has 0 heterocycles. The topological polar surface area (TPSA) is 84.9 Å². The molecule has 2 N–H and O–H groups in total. The molecule has 0 aliphatic rings. The fourth-order valence-corrected chi connectivity index (χ4v) is 2.26. The fraction of sp³-hybridized carbons (Fsp3) is 0.300. The van der Waals surface area contributed by atoms with Crippen molar-refractivity contribution >= 4 is 17.6 Å². The Morgan fingerprint density at radius 1 is 1.07 bits per heavy atom. The third-order valence-electron chi connectivity index (χ3n) is 3.68. The standard InChI is InChI=1S/C20H22FNO5/c1-2-3-7-13-26-17-12-8-9-15(14-17)22-18(23)20(21,19(24)25)27-16-10-5-4-6-11-16/h4-6,8-12,14H,2-3,7,13H2,1H3,(H,22,23)(H,24,25). The number of halogens is 1. The van der Waals surface area contributed by atoms with E-state index < -0.39 is 17.7 Å². The third-order valence-corrected chi connectivity index (χ3v) is 3.68. The van der Waals surface area contributed by atoms with Crippen molar-refractivity contribution in [2.75, 3.05) is 11.9 Å². The number of nitrogens with one attached hydrogen (secondary N) is 1. The minimum absolute atomic E-state index is 0.0782. The van der Waals surface area contributed by atoms with Crippen LogP contribution in [0.4, 0.5) is 10.1 Å². The minimum Gasteiger partial charge on any atom is -0.494 e. The van der Waals surface area contributed by atoms with Gasteiger partial charge in [0.1, 0.15) is 11.5 Å². The summed E-state index contributed by atoms with van der Waals surface area (Å²) in [4.78, 5) is 23.6. The van der Waals surface area contributed by atoms with E-state index in [2.05, 4.69) is 12.2 Å². The van der Waals surface area contributed by atoms with Crippen molar-refractivity contribution in [2.24, 2.45) is 0 Å². The van der Waals surface area contributed by atoms with Gasteiger partial charge < -0.3 is 19.9 Å². The van der Waals surface area contributed by atoms with Gasteiger partial charge in [-0.2, -0.15) is 4.39 Å². The van der Waals surface area contributed by atoms with Gasteiger partial charge in [-0.3, -0.25) is 4.79 Å². The second-order valence-corrected chi connectivity index (χ2v) is 5.85. The number of unbranched alkanes of at least 4 members (excludes halogenated alkanes) is 2. The lowest BCUT2D eigenvalue weighted by molar-refractivity contribution is -0.178. The van der Waals surface area contributed by atoms with E-state index in [1.165, 1.54) is 36.4 Å². The summed E-state index contributed by atoms with van der Waals surface area (Å²) in [6.45, 7) is 2.60. The van der Waals surface area contributed by atoms with Gasteiger partial charge >= 0.3 is 17.7 Å². The predicted molar refractivity (Wildman–Crippen MR) is 98.6 cm³/mol. The first-order valence-electron chi connectivity index (χ1n) is 8.66. The highest BCUT2D eigenvalue weighted by Gasteiger charge is 2.50. The Balaban J connectivity index is 2.07. The summed E-state index contributed by atoms with van der Waals surface area (Å²) >= 11 is 0. The van der Waals surface area contributed by atoms with Gasteiger partial charge in [-0.15, -0.1) is 0 Å². The van der Waals surface area contributed by atoms with Gasteiger partial charge in [0, 0.05) is 11.8 Å². The van der Waals surface area contributed by atoms with E-state index in [0.29, 0.717) is 12.4 Å². The number of amides is 1. The summed E-state index contributed by atoms with van der Waals surface area (Å²) in [6, 6.07) is 13.7. The zero-order valence-corrected chi connectivity index (χ0v) is 15.0. The molecule has 0 bridgehead atoms. The quantitative estimate of drug-likeness (QED) is 0.484. The number of para-hydroxylation sites is 1. The van der Waals surface area contributed by atoms with Crippen LogP contribution in [0.2, 0.25) is 0 Å². The lowest BCUT2D eigenvalue weighted by atomic mass is 10.2. The first-order chi connectivity index (χ1) is 13.0. The van der Waals surface area contributed by atoms with Gasteiger partial charge in [0.25, 0.3) is 0 Å². The van der Waals surface area contributed by atoms with Crippen LogP contribution in [0.25, 0.3) is 0 Å². The molecule has 0 aliphatic heterocycles. The smallest absolute Gasteiger partial charge is 0.425 e. The van der Waals surface area contributed by atoms with Crippen LogP contribution >= 0.6 is 0 Å². The van der Waals surface area contributed by atoms with Gasteiger partial charge in [0.15, 0.2) is 0 Å². The first-order valence-corrected chi connectivity index (χ1v) is 8.66. The lowest BCUT2D eigenvalue weighted by Gasteiger charge is -2.21. The molecule has 0 radical (unpaired) electrons. The minimum atomic E-state index is -3.57. The number of carboxylic acid groups (broad SMARTS) is 1. The molecule has 2 aromatic carbocycles. The molecule has 6 nitrogen and oxygen atoms in total. The molecule has 0 fully saturated rings. The maximum absolute atomic E-state index is 14.8. The van der Waals surface area contributed by atoms with Gasteiger partial charge in [0.05, 0.1) is 6.61 Å². The number of ether oxygens (including phenoxy) is 2. The van der Waals surface area contributed by atoms with Crippen molar-refractivity contribution in [3.8, 4) is 11.5 Å².